The van der Waals surface area contributed by atoms with E-state index in [1.54, 1.807) is 0 Å². The molecule has 0 heterocycles. The number of ether oxygens (including phenoxy) is 2. The molecule has 1 atom stereocenters. The van der Waals surface area contributed by atoms with E-state index < -0.39 is 51.3 Å². The van der Waals surface area contributed by atoms with Crippen LogP contribution in [0.2, 0.25) is 0 Å². The normalized spacial score (nSPS) is 15.7. The molecule has 0 saturated heterocycles. The number of carbonyl (C=O) groups excluding carboxylic acids is 2. The molecule has 7 nitrogen and oxygen atoms in total. The maximum absolute atomic E-state index is 13.0. The second-order valence-corrected chi connectivity index (χ2v) is 5.79. The van der Waals surface area contributed by atoms with Crippen molar-refractivity contribution in [2.45, 2.75) is 31.1 Å². The van der Waals surface area contributed by atoms with Crippen molar-refractivity contribution in [2.75, 3.05) is 6.61 Å². The lowest BCUT2D eigenvalue weighted by atomic mass is 10.1. The highest BCUT2D eigenvalue weighted by molar-refractivity contribution is 7.86. The van der Waals surface area contributed by atoms with Crippen LogP contribution in [-0.4, -0.2) is 48.5 Å². The number of hydrogen-bond donors (Lipinski definition) is 1. The highest BCUT2D eigenvalue weighted by atomic mass is 32.2. The summed E-state index contributed by atoms with van der Waals surface area (Å²) in [6, 6.07) is 0. The van der Waals surface area contributed by atoms with Gasteiger partial charge in [-0.05, 0) is 6.92 Å². The van der Waals surface area contributed by atoms with Crippen molar-refractivity contribution in [3.8, 4) is 0 Å². The summed E-state index contributed by atoms with van der Waals surface area (Å²) < 4.78 is 101. The lowest BCUT2D eigenvalue weighted by molar-refractivity contribution is -0.351. The molecule has 0 aromatic rings. The molecule has 0 aromatic heterocycles. The van der Waals surface area contributed by atoms with Gasteiger partial charge in [0.15, 0.2) is 0 Å². The van der Waals surface area contributed by atoms with Crippen molar-refractivity contribution < 1.29 is 54.0 Å². The van der Waals surface area contributed by atoms with Gasteiger partial charge in [-0.25, -0.2) is 4.79 Å². The number of alkyl halides is 5. The second kappa shape index (κ2) is 6.49. The monoisotopic (exact) mass is 370 g/mol. The Hall–Kier alpha value is -1.60. The molecule has 0 spiro atoms. The molecule has 0 aromatic carbocycles. The Morgan fingerprint density at radius 2 is 1.57 bits per heavy atom. The minimum atomic E-state index is -6.14. The van der Waals surface area contributed by atoms with Gasteiger partial charge in [-0.1, -0.05) is 6.58 Å². The van der Waals surface area contributed by atoms with Crippen LogP contribution in [0.25, 0.3) is 0 Å². The van der Waals surface area contributed by atoms with Gasteiger partial charge < -0.3 is 9.47 Å². The molecule has 0 rings (SSSR count). The van der Waals surface area contributed by atoms with E-state index in [2.05, 4.69) is 16.1 Å². The van der Waals surface area contributed by atoms with Gasteiger partial charge in [0.1, 0.15) is 6.61 Å². The third-order valence-corrected chi connectivity index (χ3v) is 3.12. The van der Waals surface area contributed by atoms with Crippen LogP contribution in [0.15, 0.2) is 12.2 Å². The molecule has 1 unspecified atom stereocenters. The Balaban J connectivity index is 5.84. The molecule has 0 amide bonds. The van der Waals surface area contributed by atoms with E-state index in [1.807, 2.05) is 0 Å². The summed E-state index contributed by atoms with van der Waals surface area (Å²) in [6.45, 7) is 1.45. The molecular formula is C10H11F5O7S. The van der Waals surface area contributed by atoms with Crippen molar-refractivity contribution in [1.82, 2.24) is 0 Å². The summed E-state index contributed by atoms with van der Waals surface area (Å²) in [4.78, 5) is 22.5. The molecule has 0 aliphatic rings. The van der Waals surface area contributed by atoms with Crippen LogP contribution in [0.4, 0.5) is 22.0 Å². The first kappa shape index (κ1) is 21.4. The van der Waals surface area contributed by atoms with Crippen molar-refractivity contribution in [2.24, 2.45) is 0 Å². The SMILES string of the molecule is C=C(C)C(=O)OC(OCC(F)(F)S(=O)(=O)O)(C(C)=O)C(F)(F)F. The molecule has 0 fully saturated rings. The van der Waals surface area contributed by atoms with Crippen LogP contribution >= 0.6 is 0 Å². The molecule has 0 radical (unpaired) electrons. The van der Waals surface area contributed by atoms with Crippen molar-refractivity contribution in [3.63, 3.8) is 0 Å². The van der Waals surface area contributed by atoms with E-state index in [0.717, 1.165) is 6.92 Å². The Bertz CT molecular complexity index is 610. The average Bonchev–Trinajstić information content (AvgIpc) is 2.30. The van der Waals surface area contributed by atoms with E-state index in [-0.39, 0.29) is 6.92 Å². The zero-order chi connectivity index (χ0) is 18.9. The van der Waals surface area contributed by atoms with Gasteiger partial charge in [-0.3, -0.25) is 9.35 Å². The second-order valence-electron chi connectivity index (χ2n) is 4.24. The minimum absolute atomic E-state index is 0.213. The Labute approximate surface area is 126 Å². The van der Waals surface area contributed by atoms with E-state index in [0.29, 0.717) is 0 Å². The molecule has 0 aliphatic carbocycles. The number of hydrogen-bond acceptors (Lipinski definition) is 6. The molecule has 1 N–H and O–H groups in total. The summed E-state index contributed by atoms with van der Waals surface area (Å²) >= 11 is 0. The molecule has 0 bridgehead atoms. The molecule has 0 saturated carbocycles. The maximum atomic E-state index is 13.0. The van der Waals surface area contributed by atoms with E-state index in [4.69, 9.17) is 4.55 Å². The highest BCUT2D eigenvalue weighted by Crippen LogP contribution is 2.38. The van der Waals surface area contributed by atoms with Crippen LogP contribution in [0.1, 0.15) is 13.8 Å². The van der Waals surface area contributed by atoms with Gasteiger partial charge >= 0.3 is 33.3 Å². The average molecular weight is 370 g/mol. The van der Waals surface area contributed by atoms with Gasteiger partial charge in [0.05, 0.1) is 0 Å². The van der Waals surface area contributed by atoms with E-state index >= 15 is 0 Å². The first-order valence-electron chi connectivity index (χ1n) is 5.43. The van der Waals surface area contributed by atoms with Gasteiger partial charge in [0.2, 0.25) is 5.78 Å². The predicted octanol–water partition coefficient (Wildman–Crippen LogP) is 1.45. The standard InChI is InChI=1S/C10H11F5O7S/c1-5(2)7(17)22-9(6(3)16,10(13,14)15)21-4-8(11,12)23(18,19)20/h1,4H2,2-3H3,(H,18,19,20). The Morgan fingerprint density at radius 1 is 1.13 bits per heavy atom. The topological polar surface area (TPSA) is 107 Å². The number of halogens is 5. The van der Waals surface area contributed by atoms with Gasteiger partial charge in [-0.15, -0.1) is 0 Å². The van der Waals surface area contributed by atoms with Crippen LogP contribution in [0.5, 0.6) is 0 Å². The molecule has 134 valence electrons. The number of rotatable bonds is 7. The summed E-state index contributed by atoms with van der Waals surface area (Å²) in [7, 11) is -6.14. The fraction of sp³-hybridized carbons (Fsp3) is 0.600. The van der Waals surface area contributed by atoms with E-state index in [1.165, 1.54) is 0 Å². The quantitative estimate of drug-likeness (QED) is 0.238. The molecule has 13 heteroatoms. The number of ketones is 1. The molecule has 0 aliphatic heterocycles. The lowest BCUT2D eigenvalue weighted by Gasteiger charge is -2.33. The zero-order valence-electron chi connectivity index (χ0n) is 11.6. The largest absolute Gasteiger partial charge is 0.463 e. The smallest absolute Gasteiger partial charge is 0.413 e. The van der Waals surface area contributed by atoms with Crippen LogP contribution in [0, 0.1) is 0 Å². The number of esters is 1. The summed E-state index contributed by atoms with van der Waals surface area (Å²) in [6.07, 6.45) is -5.82. The third kappa shape index (κ3) is 4.68. The van der Waals surface area contributed by atoms with Crippen LogP contribution in [-0.2, 0) is 29.2 Å². The van der Waals surface area contributed by atoms with E-state index in [9.17, 15) is 40.0 Å². The van der Waals surface area contributed by atoms with Crippen LogP contribution in [0.3, 0.4) is 0 Å². The fourth-order valence-electron chi connectivity index (χ4n) is 1.02. The van der Waals surface area contributed by atoms with Gasteiger partial charge in [0, 0.05) is 12.5 Å². The molecular weight excluding hydrogens is 359 g/mol. The lowest BCUT2D eigenvalue weighted by Crippen LogP contribution is -2.58. The summed E-state index contributed by atoms with van der Waals surface area (Å²) in [5.41, 5.74) is -0.620. The maximum Gasteiger partial charge on any atom is 0.463 e. The summed E-state index contributed by atoms with van der Waals surface area (Å²) in [5, 5.41) is -5.19. The third-order valence-electron chi connectivity index (χ3n) is 2.24. The Kier molecular flexibility index (Phi) is 6.04. The predicted molar refractivity (Wildman–Crippen MR) is 62.8 cm³/mol. The zero-order valence-corrected chi connectivity index (χ0v) is 12.4. The molecule has 23 heavy (non-hydrogen) atoms. The summed E-state index contributed by atoms with van der Waals surface area (Å²) in [5.74, 6) is -8.35. The van der Waals surface area contributed by atoms with Crippen LogP contribution < -0.4 is 0 Å². The van der Waals surface area contributed by atoms with Gasteiger partial charge in [0.25, 0.3) is 0 Å². The van der Waals surface area contributed by atoms with Crippen molar-refractivity contribution >= 4 is 21.9 Å². The van der Waals surface area contributed by atoms with Gasteiger partial charge in [-0.2, -0.15) is 30.4 Å². The van der Waals surface area contributed by atoms with Crippen molar-refractivity contribution in [1.29, 1.82) is 0 Å². The number of Topliss-reactive ketones (excluding diaryl/α,β-unsaturated/α-hetero) is 1. The Morgan fingerprint density at radius 3 is 1.83 bits per heavy atom. The number of carbonyl (C=O) groups is 2. The van der Waals surface area contributed by atoms with Crippen molar-refractivity contribution in [3.05, 3.63) is 12.2 Å². The highest BCUT2D eigenvalue weighted by Gasteiger charge is 2.66. The minimum Gasteiger partial charge on any atom is -0.413 e. The first-order valence-corrected chi connectivity index (χ1v) is 6.87. The first-order chi connectivity index (χ1) is 9.98. The fourth-order valence-corrected chi connectivity index (χ4v) is 1.23.